The number of fused-ring (bicyclic) bond motifs is 4. The molecule has 0 saturated carbocycles. The molecule has 0 aliphatic heterocycles. The molecule has 5 aromatic rings. The summed E-state index contributed by atoms with van der Waals surface area (Å²) in [4.78, 5) is 63.4. The molecule has 0 saturated heterocycles. The molecule has 0 bridgehead atoms. The highest BCUT2D eigenvalue weighted by Crippen LogP contribution is 2.35. The zero-order valence-electron chi connectivity index (χ0n) is 30.3. The van der Waals surface area contributed by atoms with Crippen LogP contribution in [0.5, 0.6) is 0 Å². The summed E-state index contributed by atoms with van der Waals surface area (Å²) in [6.45, 7) is 1.48. The second kappa shape index (κ2) is 18.3. The van der Waals surface area contributed by atoms with Gasteiger partial charge in [0.05, 0.1) is 13.0 Å². The maximum absolute atomic E-state index is 11.8. The normalized spacial score (nSPS) is 18.2. The first kappa shape index (κ1) is 42.0. The molecule has 0 amide bonds. The van der Waals surface area contributed by atoms with Crippen molar-refractivity contribution < 1.29 is 28.7 Å². The van der Waals surface area contributed by atoms with E-state index < -0.39 is 17.8 Å². The molecule has 4 aliphatic rings. The van der Waals surface area contributed by atoms with Gasteiger partial charge in [0.25, 0.3) is 0 Å². The molecule has 0 radical (unpaired) electrons. The van der Waals surface area contributed by atoms with Crippen LogP contribution in [0.3, 0.4) is 0 Å². The molecule has 0 spiro atoms. The summed E-state index contributed by atoms with van der Waals surface area (Å²) < 4.78 is 9.40. The third kappa shape index (κ3) is 9.73. The van der Waals surface area contributed by atoms with E-state index in [1.807, 2.05) is 42.6 Å². The van der Waals surface area contributed by atoms with Crippen LogP contribution in [0.4, 0.5) is 0 Å². The van der Waals surface area contributed by atoms with Crippen LogP contribution in [0.25, 0.3) is 0 Å². The number of H-pyrrole nitrogens is 2. The van der Waals surface area contributed by atoms with Crippen LogP contribution in [0, 0.1) is 16.6 Å². The molecule has 56 heavy (non-hydrogen) atoms. The van der Waals surface area contributed by atoms with Gasteiger partial charge in [0.15, 0.2) is 22.1 Å². The lowest BCUT2D eigenvalue weighted by Gasteiger charge is -2.04. The number of aromatic amines is 2. The highest BCUT2D eigenvalue weighted by Gasteiger charge is 2.36. The molecule has 9 rings (SSSR count). The molecular weight excluding hydrogens is 992 g/mol. The van der Waals surface area contributed by atoms with Crippen molar-refractivity contribution in [1.82, 2.24) is 9.97 Å². The second-order valence-corrected chi connectivity index (χ2v) is 18.0. The molecule has 0 fully saturated rings. The number of benzene rings is 4. The molecule has 288 valence electrons. The van der Waals surface area contributed by atoms with Gasteiger partial charge in [-0.25, -0.2) is 0 Å². The van der Waals surface area contributed by atoms with Crippen molar-refractivity contribution in [3.8, 4) is 0 Å². The second-order valence-electron chi connectivity index (χ2n) is 13.9. The highest BCUT2D eigenvalue weighted by molar-refractivity contribution is 9.11. The molecule has 1 heterocycles. The number of halogens is 4. The van der Waals surface area contributed by atoms with Crippen molar-refractivity contribution in [2.75, 3.05) is 7.11 Å². The smallest absolute Gasteiger partial charge is 0.316 e. The molecule has 1 aromatic heterocycles. The Morgan fingerprint density at radius 1 is 0.643 bits per heavy atom. The van der Waals surface area contributed by atoms with Gasteiger partial charge in [-0.3, -0.25) is 24.0 Å². The Balaban J connectivity index is 0.000000128. The molecule has 2 N–H and O–H groups in total. The van der Waals surface area contributed by atoms with Crippen molar-refractivity contribution in [3.63, 3.8) is 0 Å². The number of rotatable bonds is 3. The SMILES string of the molecule is CC(=O)C1Cc2cc(Br)ccc2C1=O.COC(=O)C1Cc2cc(Br)ccc2C1=O.O=C1CCc2cc(Br)ccc21.S=c1[nH]cc(C2Cc3ccc(Br)cc3C2)[nH]1. The van der Waals surface area contributed by atoms with Crippen molar-refractivity contribution in [2.24, 2.45) is 11.8 Å². The largest absolute Gasteiger partial charge is 0.468 e. The number of carbonyl (C=O) groups is 5. The monoisotopic (exact) mass is 1020 g/mol. The van der Waals surface area contributed by atoms with Gasteiger partial charge in [-0.05, 0) is 140 Å². The lowest BCUT2D eigenvalue weighted by molar-refractivity contribution is -0.143. The summed E-state index contributed by atoms with van der Waals surface area (Å²) in [6, 6.07) is 23.3. The van der Waals surface area contributed by atoms with Crippen LogP contribution in [0.2, 0.25) is 0 Å². The Morgan fingerprint density at radius 2 is 1.14 bits per heavy atom. The van der Waals surface area contributed by atoms with Crippen LogP contribution in [0.15, 0.2) is 96.9 Å². The minimum absolute atomic E-state index is 0.0278. The number of carbonyl (C=O) groups excluding carboxylic acids is 5. The number of hydrogen-bond acceptors (Lipinski definition) is 7. The predicted octanol–water partition coefficient (Wildman–Crippen LogP) is 10.7. The minimum Gasteiger partial charge on any atom is -0.468 e. The lowest BCUT2D eigenvalue weighted by atomic mass is 10.0. The van der Waals surface area contributed by atoms with Gasteiger partial charge in [0.1, 0.15) is 11.7 Å². The van der Waals surface area contributed by atoms with Crippen LogP contribution in [0.1, 0.15) is 83.8 Å². The number of aromatic nitrogens is 2. The van der Waals surface area contributed by atoms with Crippen LogP contribution >= 0.6 is 75.9 Å². The van der Waals surface area contributed by atoms with Crippen molar-refractivity contribution in [3.05, 3.63) is 152 Å². The Kier molecular flexibility index (Phi) is 13.7. The summed E-state index contributed by atoms with van der Waals surface area (Å²) in [5, 5.41) is 0. The summed E-state index contributed by atoms with van der Waals surface area (Å²) >= 11 is 18.6. The van der Waals surface area contributed by atoms with E-state index in [0.717, 1.165) is 53.8 Å². The van der Waals surface area contributed by atoms with Crippen LogP contribution in [-0.2, 0) is 46.4 Å². The Bertz CT molecular complexity index is 2440. The van der Waals surface area contributed by atoms with E-state index in [2.05, 4.69) is 96.6 Å². The van der Waals surface area contributed by atoms with Crippen LogP contribution < -0.4 is 0 Å². The van der Waals surface area contributed by atoms with Gasteiger partial charge in [-0.2, -0.15) is 0 Å². The number of ketones is 4. The van der Waals surface area contributed by atoms with Gasteiger partial charge in [0.2, 0.25) is 0 Å². The summed E-state index contributed by atoms with van der Waals surface area (Å²) in [7, 11) is 1.30. The Labute approximate surface area is 363 Å². The lowest BCUT2D eigenvalue weighted by Crippen LogP contribution is -2.21. The predicted molar refractivity (Wildman–Crippen MR) is 231 cm³/mol. The molecule has 4 aromatic carbocycles. The molecule has 13 heteroatoms. The number of methoxy groups -OCH3 is 1. The Morgan fingerprint density at radius 3 is 1.70 bits per heavy atom. The number of imidazole rings is 1. The third-order valence-electron chi connectivity index (χ3n) is 10.3. The molecule has 3 unspecified atom stereocenters. The fourth-order valence-corrected chi connectivity index (χ4v) is 9.21. The van der Waals surface area contributed by atoms with E-state index in [0.29, 0.717) is 41.1 Å². The molecule has 3 atom stereocenters. The third-order valence-corrected chi connectivity index (χ3v) is 12.5. The van der Waals surface area contributed by atoms with Crippen molar-refractivity contribution in [2.45, 2.75) is 51.4 Å². The first-order chi connectivity index (χ1) is 26.7. The first-order valence-corrected chi connectivity index (χ1v) is 21.4. The average Bonchev–Trinajstić information content (AvgIpc) is 4.00. The fraction of sp³-hybridized carbons (Fsp3) is 0.256. The number of esters is 1. The standard InChI is InChI=1S/C12H11BrN2S.C11H9BrO3.C11H9BrO2.C9H7BrO/c13-10-2-1-7-3-9(4-8(7)5-10)11-6-14-12(16)15-11;1-15-11(14)9-5-6-4-7(12)2-3-8(6)10(9)13;1-6(13)10-5-7-4-8(12)2-3-9(7)11(10)14;10-7-2-3-8-6(5-7)1-4-9(8)11/h1-2,5-6,9H,3-4H2,(H2,14,15,16);2-4,9H,5H2,1H3;2-4,10H,5H2,1H3;2-3,5H,1,4H2. The first-order valence-electron chi connectivity index (χ1n) is 17.8. The number of nitrogens with one attached hydrogen (secondary N) is 2. The van der Waals surface area contributed by atoms with Gasteiger partial charge in [-0.1, -0.05) is 75.9 Å². The van der Waals surface area contributed by atoms with E-state index in [9.17, 15) is 24.0 Å². The number of hydrogen-bond donors (Lipinski definition) is 2. The number of aryl methyl sites for hydroxylation is 1. The summed E-state index contributed by atoms with van der Waals surface area (Å²) in [5.74, 6) is -0.928. The van der Waals surface area contributed by atoms with Gasteiger partial charge >= 0.3 is 5.97 Å². The Hall–Kier alpha value is -3.62. The number of Topliss-reactive ketones (excluding diaryl/α,β-unsaturated/α-hetero) is 4. The van der Waals surface area contributed by atoms with Gasteiger partial charge < -0.3 is 14.7 Å². The van der Waals surface area contributed by atoms with E-state index in [1.54, 1.807) is 18.2 Å². The summed E-state index contributed by atoms with van der Waals surface area (Å²) in [6.07, 6.45) is 6.79. The molecule has 8 nitrogen and oxygen atoms in total. The van der Waals surface area contributed by atoms with Gasteiger partial charge in [-0.15, -0.1) is 0 Å². The van der Waals surface area contributed by atoms with Crippen molar-refractivity contribution >= 4 is 105 Å². The number of ether oxygens (including phenoxy) is 1. The minimum atomic E-state index is -0.653. The van der Waals surface area contributed by atoms with Crippen LogP contribution in [-0.4, -0.2) is 46.2 Å². The van der Waals surface area contributed by atoms with E-state index in [1.165, 1.54) is 36.4 Å². The highest BCUT2D eigenvalue weighted by atomic mass is 79.9. The average molecular weight is 1030 g/mol. The maximum Gasteiger partial charge on any atom is 0.316 e. The molecular formula is C43H36Br4N2O6S. The quantitative estimate of drug-likeness (QED) is 0.105. The fourth-order valence-electron chi connectivity index (χ4n) is 7.40. The maximum atomic E-state index is 11.8. The van der Waals surface area contributed by atoms with E-state index >= 15 is 0 Å². The zero-order chi connectivity index (χ0) is 40.3. The van der Waals surface area contributed by atoms with Gasteiger partial charge in [0, 0.05) is 58.8 Å². The zero-order valence-corrected chi connectivity index (χ0v) is 37.5. The van der Waals surface area contributed by atoms with E-state index in [4.69, 9.17) is 12.2 Å². The molecule has 4 aliphatic carbocycles. The van der Waals surface area contributed by atoms with E-state index in [-0.39, 0.29) is 23.1 Å². The van der Waals surface area contributed by atoms with Crippen molar-refractivity contribution in [1.29, 1.82) is 0 Å². The summed E-state index contributed by atoms with van der Waals surface area (Å²) in [5.41, 5.74) is 9.43. The topological polar surface area (TPSA) is 126 Å².